The monoisotopic (exact) mass is 470 g/mol. The number of amides is 1. The number of para-hydroxylation sites is 1. The van der Waals surface area contributed by atoms with Gasteiger partial charge in [0.2, 0.25) is 5.91 Å². The molecule has 1 aliphatic carbocycles. The zero-order valence-electron chi connectivity index (χ0n) is 19.0. The molecule has 1 saturated carbocycles. The lowest BCUT2D eigenvalue weighted by atomic mass is 10.1. The van der Waals surface area contributed by atoms with Crippen LogP contribution in [0.25, 0.3) is 16.9 Å². The minimum Gasteiger partial charge on any atom is -0.310 e. The Balaban J connectivity index is 1.35. The largest absolute Gasteiger partial charge is 0.310 e. The summed E-state index contributed by atoms with van der Waals surface area (Å²) >= 11 is 1.39. The Kier molecular flexibility index (Phi) is 6.31. The van der Waals surface area contributed by atoms with Crippen molar-refractivity contribution in [2.75, 3.05) is 11.1 Å². The van der Waals surface area contributed by atoms with Gasteiger partial charge in [-0.15, -0.1) is 16.8 Å². The zero-order chi connectivity index (χ0) is 23.5. The van der Waals surface area contributed by atoms with Crippen molar-refractivity contribution in [3.05, 3.63) is 84.7 Å². The van der Waals surface area contributed by atoms with E-state index in [9.17, 15) is 4.79 Å². The molecule has 0 unspecified atom stereocenters. The molecule has 172 valence electrons. The van der Waals surface area contributed by atoms with Crippen LogP contribution < -0.4 is 5.32 Å². The first-order valence-electron chi connectivity index (χ1n) is 11.3. The Morgan fingerprint density at radius 3 is 2.62 bits per heavy atom. The highest BCUT2D eigenvalue weighted by Gasteiger charge is 2.30. The highest BCUT2D eigenvalue weighted by atomic mass is 32.2. The summed E-state index contributed by atoms with van der Waals surface area (Å²) in [4.78, 5) is 12.9. The molecule has 0 bridgehead atoms. The summed E-state index contributed by atoms with van der Waals surface area (Å²) < 4.78 is 3.83. The standard InChI is InChI=1S/C26H26N6OS/c1-3-15-31-25(20-13-14-20)28-29-26(31)34-17-24(33)27-23-16-22(19-11-9-18(2)10-12-19)30-32(23)21-7-5-4-6-8-21/h3-12,16,20H,1,13-15,17H2,2H3,(H,27,33). The van der Waals surface area contributed by atoms with Crippen LogP contribution in [0.2, 0.25) is 0 Å². The van der Waals surface area contributed by atoms with Crippen LogP contribution in [-0.4, -0.2) is 36.2 Å². The summed E-state index contributed by atoms with van der Waals surface area (Å²) in [6.45, 7) is 6.54. The van der Waals surface area contributed by atoms with Gasteiger partial charge in [-0.2, -0.15) is 5.10 Å². The van der Waals surface area contributed by atoms with Gasteiger partial charge in [0, 0.05) is 24.1 Å². The van der Waals surface area contributed by atoms with Crippen molar-refractivity contribution in [2.24, 2.45) is 0 Å². The van der Waals surface area contributed by atoms with Crippen molar-refractivity contribution in [3.63, 3.8) is 0 Å². The van der Waals surface area contributed by atoms with E-state index in [1.807, 2.05) is 54.6 Å². The molecule has 0 aliphatic heterocycles. The van der Waals surface area contributed by atoms with Crippen LogP contribution in [0.1, 0.15) is 30.1 Å². The minimum atomic E-state index is -0.126. The van der Waals surface area contributed by atoms with Crippen molar-refractivity contribution in [1.29, 1.82) is 0 Å². The highest BCUT2D eigenvalue weighted by molar-refractivity contribution is 7.99. The fraction of sp³-hybridized carbons (Fsp3) is 0.231. The number of hydrogen-bond donors (Lipinski definition) is 1. The number of nitrogens with one attached hydrogen (secondary N) is 1. The second-order valence-corrected chi connectivity index (χ2v) is 9.32. The molecule has 1 fully saturated rings. The Hall–Kier alpha value is -3.65. The summed E-state index contributed by atoms with van der Waals surface area (Å²) in [5, 5.41) is 17.2. The lowest BCUT2D eigenvalue weighted by Crippen LogP contribution is -2.17. The molecule has 8 heteroatoms. The van der Waals surface area contributed by atoms with Gasteiger partial charge in [-0.1, -0.05) is 65.9 Å². The number of anilines is 1. The molecule has 1 amide bonds. The lowest BCUT2D eigenvalue weighted by molar-refractivity contribution is -0.113. The summed E-state index contributed by atoms with van der Waals surface area (Å²) in [5.41, 5.74) is 3.86. The lowest BCUT2D eigenvalue weighted by Gasteiger charge is -2.09. The molecule has 2 aromatic heterocycles. The van der Waals surface area contributed by atoms with Gasteiger partial charge in [0.1, 0.15) is 11.6 Å². The Labute approximate surface area is 202 Å². The van der Waals surface area contributed by atoms with E-state index < -0.39 is 0 Å². The molecular formula is C26H26N6OS. The van der Waals surface area contributed by atoms with E-state index >= 15 is 0 Å². The molecule has 0 saturated heterocycles. The SMILES string of the molecule is C=CCn1c(SCC(=O)Nc2cc(-c3ccc(C)cc3)nn2-c2ccccc2)nnc1C1CC1. The molecular weight excluding hydrogens is 444 g/mol. The van der Waals surface area contributed by atoms with Crippen molar-refractivity contribution in [1.82, 2.24) is 24.5 Å². The number of nitrogens with zero attached hydrogens (tertiary/aromatic N) is 5. The number of allylic oxidation sites excluding steroid dienone is 1. The molecule has 4 aromatic rings. The van der Waals surface area contributed by atoms with Crippen LogP contribution in [0.3, 0.4) is 0 Å². The predicted octanol–water partition coefficient (Wildman–Crippen LogP) is 5.23. The maximum absolute atomic E-state index is 12.9. The Morgan fingerprint density at radius 2 is 1.91 bits per heavy atom. The number of aryl methyl sites for hydroxylation is 1. The quantitative estimate of drug-likeness (QED) is 0.268. The highest BCUT2D eigenvalue weighted by Crippen LogP contribution is 2.40. The normalized spacial score (nSPS) is 13.1. The maximum atomic E-state index is 12.9. The van der Waals surface area contributed by atoms with Gasteiger partial charge in [0.25, 0.3) is 0 Å². The molecule has 7 nitrogen and oxygen atoms in total. The second-order valence-electron chi connectivity index (χ2n) is 8.38. The van der Waals surface area contributed by atoms with Crippen LogP contribution in [0.4, 0.5) is 5.82 Å². The van der Waals surface area contributed by atoms with Crippen molar-refractivity contribution < 1.29 is 4.79 Å². The molecule has 1 aliphatic rings. The third-order valence-corrected chi connectivity index (χ3v) is 6.62. The number of aromatic nitrogens is 5. The predicted molar refractivity (Wildman–Crippen MR) is 135 cm³/mol. The van der Waals surface area contributed by atoms with E-state index in [0.29, 0.717) is 18.3 Å². The number of hydrogen-bond acceptors (Lipinski definition) is 5. The van der Waals surface area contributed by atoms with E-state index in [1.165, 1.54) is 17.3 Å². The van der Waals surface area contributed by atoms with E-state index in [2.05, 4.69) is 45.7 Å². The average molecular weight is 471 g/mol. The Bertz CT molecular complexity index is 1310. The van der Waals surface area contributed by atoms with Gasteiger partial charge >= 0.3 is 0 Å². The van der Waals surface area contributed by atoms with Crippen LogP contribution in [0.5, 0.6) is 0 Å². The maximum Gasteiger partial charge on any atom is 0.236 e. The zero-order valence-corrected chi connectivity index (χ0v) is 19.8. The first-order chi connectivity index (χ1) is 16.6. The number of benzene rings is 2. The average Bonchev–Trinajstić information content (AvgIpc) is 3.49. The van der Waals surface area contributed by atoms with Gasteiger partial charge < -0.3 is 9.88 Å². The number of rotatable bonds is 9. The molecule has 1 N–H and O–H groups in total. The van der Waals surface area contributed by atoms with Gasteiger partial charge in [-0.25, -0.2) is 4.68 Å². The van der Waals surface area contributed by atoms with Gasteiger partial charge in [-0.3, -0.25) is 4.79 Å². The summed E-state index contributed by atoms with van der Waals surface area (Å²) in [6.07, 6.45) is 4.13. The number of carbonyl (C=O) groups excluding carboxylic acids is 1. The second kappa shape index (κ2) is 9.69. The molecule has 5 rings (SSSR count). The van der Waals surface area contributed by atoms with E-state index in [0.717, 1.165) is 40.8 Å². The molecule has 2 heterocycles. The summed E-state index contributed by atoms with van der Waals surface area (Å²) in [7, 11) is 0. The van der Waals surface area contributed by atoms with E-state index in [1.54, 1.807) is 4.68 Å². The first-order valence-corrected chi connectivity index (χ1v) is 12.3. The smallest absolute Gasteiger partial charge is 0.236 e. The van der Waals surface area contributed by atoms with Crippen LogP contribution in [0, 0.1) is 6.92 Å². The topological polar surface area (TPSA) is 77.6 Å². The molecule has 0 atom stereocenters. The first kappa shape index (κ1) is 22.2. The van der Waals surface area contributed by atoms with Gasteiger partial charge in [-0.05, 0) is 31.9 Å². The Morgan fingerprint density at radius 1 is 1.15 bits per heavy atom. The van der Waals surface area contributed by atoms with Gasteiger partial charge in [0.15, 0.2) is 5.16 Å². The van der Waals surface area contributed by atoms with Crippen molar-refractivity contribution >= 4 is 23.5 Å². The fourth-order valence-electron chi connectivity index (χ4n) is 3.76. The summed E-state index contributed by atoms with van der Waals surface area (Å²) in [6, 6.07) is 19.9. The van der Waals surface area contributed by atoms with Crippen LogP contribution in [-0.2, 0) is 11.3 Å². The fourth-order valence-corrected chi connectivity index (χ4v) is 4.52. The third-order valence-electron chi connectivity index (χ3n) is 5.66. The molecule has 0 radical (unpaired) electrons. The molecule has 34 heavy (non-hydrogen) atoms. The molecule has 0 spiro atoms. The van der Waals surface area contributed by atoms with Crippen molar-refractivity contribution in [3.8, 4) is 16.9 Å². The summed E-state index contributed by atoms with van der Waals surface area (Å²) in [5.74, 6) is 2.20. The van der Waals surface area contributed by atoms with E-state index in [-0.39, 0.29) is 11.7 Å². The number of carbonyl (C=O) groups is 1. The van der Waals surface area contributed by atoms with Crippen LogP contribution in [0.15, 0.2) is 78.5 Å². The van der Waals surface area contributed by atoms with Crippen LogP contribution >= 0.6 is 11.8 Å². The molecule has 2 aromatic carbocycles. The van der Waals surface area contributed by atoms with E-state index in [4.69, 9.17) is 5.10 Å². The van der Waals surface area contributed by atoms with Gasteiger partial charge in [0.05, 0.1) is 17.1 Å². The third kappa shape index (κ3) is 4.82. The number of thioether (sulfide) groups is 1. The van der Waals surface area contributed by atoms with Crippen molar-refractivity contribution in [2.45, 2.75) is 37.4 Å². The minimum absolute atomic E-state index is 0.126.